The Morgan fingerprint density at radius 1 is 1.28 bits per heavy atom. The first-order chi connectivity index (χ1) is 8.58. The molecule has 1 N–H and O–H groups in total. The summed E-state index contributed by atoms with van der Waals surface area (Å²) in [4.78, 5) is 23.3. The van der Waals surface area contributed by atoms with E-state index < -0.39 is 11.9 Å². The first kappa shape index (κ1) is 12.0. The lowest BCUT2D eigenvalue weighted by atomic mass is 10.2. The molecule has 0 fully saturated rings. The van der Waals surface area contributed by atoms with Crippen molar-refractivity contribution >= 4 is 17.6 Å². The van der Waals surface area contributed by atoms with E-state index in [-0.39, 0.29) is 6.79 Å². The number of ether oxygens (including phenoxy) is 2. The Bertz CT molecular complexity index is 523. The van der Waals surface area contributed by atoms with Gasteiger partial charge in [0.15, 0.2) is 11.5 Å². The number of rotatable bonds is 3. The number of hydrogen-bond acceptors (Lipinski definition) is 4. The van der Waals surface area contributed by atoms with Crippen molar-refractivity contribution in [2.45, 2.75) is 0 Å². The molecule has 0 saturated carbocycles. The van der Waals surface area contributed by atoms with Crippen LogP contribution in [0.15, 0.2) is 30.4 Å². The minimum atomic E-state index is -1.16. The zero-order valence-electron chi connectivity index (χ0n) is 9.62. The predicted molar refractivity (Wildman–Crippen MR) is 62.8 cm³/mol. The third-order valence-electron chi connectivity index (χ3n) is 2.44. The number of anilines is 1. The summed E-state index contributed by atoms with van der Waals surface area (Å²) in [5.41, 5.74) is 0.597. The average molecular weight is 249 g/mol. The SMILES string of the molecule is CN(C(=O)/C=C/C(=O)O)c1ccc2c(c1)OCO2. The van der Waals surface area contributed by atoms with Crippen LogP contribution in [-0.2, 0) is 9.59 Å². The van der Waals surface area contributed by atoms with Crippen molar-refractivity contribution in [3.05, 3.63) is 30.4 Å². The summed E-state index contributed by atoms with van der Waals surface area (Å²) in [6.45, 7) is 0.162. The van der Waals surface area contributed by atoms with Crippen LogP contribution in [0.25, 0.3) is 0 Å². The Morgan fingerprint density at radius 2 is 2.00 bits per heavy atom. The maximum atomic E-state index is 11.7. The minimum absolute atomic E-state index is 0.162. The highest BCUT2D eigenvalue weighted by atomic mass is 16.7. The molecule has 1 aromatic rings. The molecule has 1 aromatic carbocycles. The maximum absolute atomic E-state index is 11.7. The smallest absolute Gasteiger partial charge is 0.328 e. The normalized spacial score (nSPS) is 12.7. The van der Waals surface area contributed by atoms with Crippen molar-refractivity contribution in [3.8, 4) is 11.5 Å². The average Bonchev–Trinajstić information content (AvgIpc) is 2.81. The number of fused-ring (bicyclic) bond motifs is 1. The zero-order valence-corrected chi connectivity index (χ0v) is 9.62. The van der Waals surface area contributed by atoms with Gasteiger partial charge in [0.05, 0.1) is 0 Å². The molecule has 0 bridgehead atoms. The molecule has 0 saturated heterocycles. The van der Waals surface area contributed by atoms with Gasteiger partial charge in [-0.1, -0.05) is 0 Å². The fraction of sp³-hybridized carbons (Fsp3) is 0.167. The van der Waals surface area contributed by atoms with Gasteiger partial charge in [-0.05, 0) is 12.1 Å². The monoisotopic (exact) mass is 249 g/mol. The first-order valence-corrected chi connectivity index (χ1v) is 5.16. The minimum Gasteiger partial charge on any atom is -0.478 e. The maximum Gasteiger partial charge on any atom is 0.328 e. The second kappa shape index (κ2) is 4.79. The van der Waals surface area contributed by atoms with E-state index >= 15 is 0 Å². The molecule has 1 aliphatic rings. The van der Waals surface area contributed by atoms with E-state index in [0.29, 0.717) is 17.2 Å². The number of carboxylic acids is 1. The largest absolute Gasteiger partial charge is 0.478 e. The summed E-state index contributed by atoms with van der Waals surface area (Å²) in [6.07, 6.45) is 1.79. The van der Waals surface area contributed by atoms with E-state index in [9.17, 15) is 9.59 Å². The third-order valence-corrected chi connectivity index (χ3v) is 2.44. The first-order valence-electron chi connectivity index (χ1n) is 5.16. The van der Waals surface area contributed by atoms with Gasteiger partial charge >= 0.3 is 5.97 Å². The standard InChI is InChI=1S/C12H11NO5/c1-13(11(14)4-5-12(15)16)8-2-3-9-10(6-8)18-7-17-9/h2-6H,7H2,1H3,(H,15,16)/b5-4+. The summed E-state index contributed by atoms with van der Waals surface area (Å²) >= 11 is 0. The van der Waals surface area contributed by atoms with Crippen LogP contribution in [0, 0.1) is 0 Å². The highest BCUT2D eigenvalue weighted by Gasteiger charge is 2.16. The highest BCUT2D eigenvalue weighted by molar-refractivity contribution is 6.03. The Kier molecular flexibility index (Phi) is 3.18. The molecule has 18 heavy (non-hydrogen) atoms. The second-order valence-corrected chi connectivity index (χ2v) is 3.61. The zero-order chi connectivity index (χ0) is 13.1. The van der Waals surface area contributed by atoms with Gasteiger partial charge in [0.1, 0.15) is 0 Å². The molecule has 0 spiro atoms. The lowest BCUT2D eigenvalue weighted by Crippen LogP contribution is -2.24. The molecule has 6 nitrogen and oxygen atoms in total. The van der Waals surface area contributed by atoms with Crippen molar-refractivity contribution in [2.75, 3.05) is 18.7 Å². The van der Waals surface area contributed by atoms with E-state index in [1.165, 1.54) is 4.90 Å². The van der Waals surface area contributed by atoms with Crippen molar-refractivity contribution in [3.63, 3.8) is 0 Å². The molecule has 1 aliphatic heterocycles. The van der Waals surface area contributed by atoms with Crippen LogP contribution in [-0.4, -0.2) is 30.8 Å². The van der Waals surface area contributed by atoms with Gasteiger partial charge < -0.3 is 19.5 Å². The lowest BCUT2D eigenvalue weighted by molar-refractivity contribution is -0.131. The lowest BCUT2D eigenvalue weighted by Gasteiger charge is -2.15. The quantitative estimate of drug-likeness (QED) is 0.809. The predicted octanol–water partition coefficient (Wildman–Crippen LogP) is 1.02. The van der Waals surface area contributed by atoms with E-state index in [4.69, 9.17) is 14.6 Å². The molecule has 1 amide bonds. The molecule has 0 unspecified atom stereocenters. The second-order valence-electron chi connectivity index (χ2n) is 3.61. The third kappa shape index (κ3) is 2.42. The van der Waals surface area contributed by atoms with Crippen LogP contribution in [0.1, 0.15) is 0 Å². The van der Waals surface area contributed by atoms with Crippen LogP contribution in [0.2, 0.25) is 0 Å². The summed E-state index contributed by atoms with van der Waals surface area (Å²) in [5, 5.41) is 8.45. The molecular weight excluding hydrogens is 238 g/mol. The number of carboxylic acid groups (broad SMARTS) is 1. The number of nitrogens with zero attached hydrogens (tertiary/aromatic N) is 1. The highest BCUT2D eigenvalue weighted by Crippen LogP contribution is 2.35. The fourth-order valence-corrected chi connectivity index (χ4v) is 1.48. The molecule has 1 heterocycles. The van der Waals surface area contributed by atoms with Crippen LogP contribution in [0.4, 0.5) is 5.69 Å². The van der Waals surface area contributed by atoms with Gasteiger partial charge in [-0.2, -0.15) is 0 Å². The fourth-order valence-electron chi connectivity index (χ4n) is 1.48. The molecular formula is C12H11NO5. The Morgan fingerprint density at radius 3 is 2.72 bits per heavy atom. The van der Waals surface area contributed by atoms with Crippen LogP contribution >= 0.6 is 0 Å². The van der Waals surface area contributed by atoms with Gasteiger partial charge in [0.25, 0.3) is 5.91 Å². The summed E-state index contributed by atoms with van der Waals surface area (Å²) in [7, 11) is 1.55. The Hall–Kier alpha value is -2.50. The summed E-state index contributed by atoms with van der Waals surface area (Å²) < 4.78 is 10.4. The van der Waals surface area contributed by atoms with Crippen molar-refractivity contribution < 1.29 is 24.2 Å². The van der Waals surface area contributed by atoms with Crippen molar-refractivity contribution in [1.29, 1.82) is 0 Å². The number of hydrogen-bond donors (Lipinski definition) is 1. The summed E-state index contributed by atoms with van der Waals surface area (Å²) in [6, 6.07) is 5.05. The number of likely N-dealkylation sites (N-methyl/N-ethyl adjacent to an activating group) is 1. The van der Waals surface area contributed by atoms with Crippen LogP contribution in [0.5, 0.6) is 11.5 Å². The van der Waals surface area contributed by atoms with Crippen molar-refractivity contribution in [1.82, 2.24) is 0 Å². The van der Waals surface area contributed by atoms with Crippen LogP contribution < -0.4 is 14.4 Å². The molecule has 6 heteroatoms. The molecule has 0 aromatic heterocycles. The Balaban J connectivity index is 2.16. The van der Waals surface area contributed by atoms with Gasteiger partial charge in [-0.3, -0.25) is 4.79 Å². The Labute approximate surface area is 103 Å². The number of carbonyl (C=O) groups excluding carboxylic acids is 1. The molecule has 2 rings (SSSR count). The van der Waals surface area contributed by atoms with E-state index in [0.717, 1.165) is 12.2 Å². The number of carbonyl (C=O) groups is 2. The molecule has 94 valence electrons. The van der Waals surface area contributed by atoms with E-state index in [1.807, 2.05) is 0 Å². The molecule has 0 aliphatic carbocycles. The number of amides is 1. The van der Waals surface area contributed by atoms with Gasteiger partial charge in [-0.15, -0.1) is 0 Å². The van der Waals surface area contributed by atoms with Gasteiger partial charge in [-0.25, -0.2) is 4.79 Å². The number of benzene rings is 1. The van der Waals surface area contributed by atoms with Gasteiger partial charge in [0.2, 0.25) is 6.79 Å². The molecule has 0 radical (unpaired) electrons. The van der Waals surface area contributed by atoms with Gasteiger partial charge in [0, 0.05) is 31.0 Å². The van der Waals surface area contributed by atoms with Crippen molar-refractivity contribution in [2.24, 2.45) is 0 Å². The topological polar surface area (TPSA) is 76.1 Å². The summed E-state index contributed by atoms with van der Waals surface area (Å²) in [5.74, 6) is -0.409. The van der Waals surface area contributed by atoms with E-state index in [1.54, 1.807) is 25.2 Å². The van der Waals surface area contributed by atoms with E-state index in [2.05, 4.69) is 0 Å². The number of aliphatic carboxylic acids is 1. The molecule has 0 atom stereocenters. The van der Waals surface area contributed by atoms with Crippen LogP contribution in [0.3, 0.4) is 0 Å².